The minimum Gasteiger partial charge on any atom is -0.457 e. The van der Waals surface area contributed by atoms with Crippen LogP contribution in [0.1, 0.15) is 97.1 Å². The molecule has 7 unspecified atom stereocenters. The van der Waals surface area contributed by atoms with Gasteiger partial charge in [0.2, 0.25) is 0 Å². The van der Waals surface area contributed by atoms with E-state index in [4.69, 9.17) is 23.7 Å². The second-order valence-electron chi connectivity index (χ2n) is 17.9. The van der Waals surface area contributed by atoms with E-state index in [0.717, 1.165) is 0 Å². The van der Waals surface area contributed by atoms with Crippen LogP contribution in [-0.2, 0) is 38.1 Å². The summed E-state index contributed by atoms with van der Waals surface area (Å²) in [6.45, 7) is 13.8. The second-order valence-corrected chi connectivity index (χ2v) is 17.9. The van der Waals surface area contributed by atoms with Crippen molar-refractivity contribution in [1.29, 1.82) is 0 Å². The number of Topliss-reactive ketones (excluding diaryl/α,β-unsaturated/α-hetero) is 1. The molecule has 2 aromatic rings. The number of aliphatic hydroxyl groups excluding tert-OH is 2. The molecule has 2 bridgehead atoms. The number of nitrogens with one attached hydrogen (secondary N) is 1. The molecule has 0 spiro atoms. The summed E-state index contributed by atoms with van der Waals surface area (Å²) in [5, 5.41) is 40.4. The van der Waals surface area contributed by atoms with Gasteiger partial charge in [-0.2, -0.15) is 0 Å². The zero-order chi connectivity index (χ0) is 42.7. The van der Waals surface area contributed by atoms with Crippen molar-refractivity contribution in [2.45, 2.75) is 129 Å². The van der Waals surface area contributed by atoms with Crippen molar-refractivity contribution >= 4 is 29.8 Å². The molecule has 14 nitrogen and oxygen atoms in total. The maximum Gasteiger partial charge on any atom is 0.408 e. The number of benzene rings is 2. The number of ketones is 1. The summed E-state index contributed by atoms with van der Waals surface area (Å²) >= 11 is 0. The fourth-order valence-electron chi connectivity index (χ4n) is 9.75. The average molecular weight is 806 g/mol. The first-order chi connectivity index (χ1) is 27.0. The van der Waals surface area contributed by atoms with Crippen molar-refractivity contribution in [2.24, 2.45) is 22.7 Å². The summed E-state index contributed by atoms with van der Waals surface area (Å²) in [6, 6.07) is 15.8. The summed E-state index contributed by atoms with van der Waals surface area (Å²) in [5.41, 5.74) is -7.35. The van der Waals surface area contributed by atoms with Gasteiger partial charge in [-0.3, -0.25) is 14.4 Å². The second kappa shape index (κ2) is 15.2. The zero-order valence-corrected chi connectivity index (χ0v) is 34.4. The van der Waals surface area contributed by atoms with Crippen molar-refractivity contribution in [3.05, 3.63) is 82.9 Å². The van der Waals surface area contributed by atoms with Crippen molar-refractivity contribution in [1.82, 2.24) is 5.32 Å². The summed E-state index contributed by atoms with van der Waals surface area (Å²) < 4.78 is 30.0. The fourth-order valence-corrected chi connectivity index (χ4v) is 9.75. The molecule has 1 aliphatic heterocycles. The summed E-state index contributed by atoms with van der Waals surface area (Å²) in [4.78, 5) is 69.4. The highest BCUT2D eigenvalue weighted by Crippen LogP contribution is 2.64. The van der Waals surface area contributed by atoms with Crippen molar-refractivity contribution < 1.29 is 63.0 Å². The molecule has 4 N–H and O–H groups in total. The van der Waals surface area contributed by atoms with Crippen LogP contribution in [0, 0.1) is 22.7 Å². The molecule has 6 rings (SSSR count). The quantitative estimate of drug-likeness (QED) is 0.165. The lowest BCUT2D eigenvalue weighted by Crippen LogP contribution is -2.81. The minimum atomic E-state index is -2.27. The number of carbonyl (C=O) groups is 5. The van der Waals surface area contributed by atoms with Crippen molar-refractivity contribution in [3.63, 3.8) is 0 Å². The largest absolute Gasteiger partial charge is 0.457 e. The predicted molar refractivity (Wildman–Crippen MR) is 207 cm³/mol. The van der Waals surface area contributed by atoms with E-state index in [1.54, 1.807) is 97.0 Å². The van der Waals surface area contributed by atoms with E-state index in [1.807, 2.05) is 0 Å². The molecule has 58 heavy (non-hydrogen) atoms. The number of hydrogen-bond acceptors (Lipinski definition) is 13. The van der Waals surface area contributed by atoms with Gasteiger partial charge in [0.05, 0.1) is 41.6 Å². The lowest BCUT2D eigenvalue weighted by Gasteiger charge is -2.67. The van der Waals surface area contributed by atoms with Crippen LogP contribution in [0.25, 0.3) is 0 Å². The first-order valence-corrected chi connectivity index (χ1v) is 19.7. The van der Waals surface area contributed by atoms with Crippen LogP contribution in [0.5, 0.6) is 0 Å². The third kappa shape index (κ3) is 7.11. The monoisotopic (exact) mass is 805 g/mol. The lowest BCUT2D eigenvalue weighted by molar-refractivity contribution is -0.346. The summed E-state index contributed by atoms with van der Waals surface area (Å²) in [7, 11) is 0. The molecule has 1 amide bonds. The van der Waals surface area contributed by atoms with Crippen LogP contribution in [0.4, 0.5) is 4.79 Å². The van der Waals surface area contributed by atoms with E-state index in [1.165, 1.54) is 26.0 Å². The molecule has 3 aliphatic carbocycles. The minimum absolute atomic E-state index is 0.0179. The molecule has 314 valence electrons. The molecule has 3 fully saturated rings. The van der Waals surface area contributed by atoms with E-state index in [-0.39, 0.29) is 29.7 Å². The maximum atomic E-state index is 15.0. The molecule has 0 aromatic heterocycles. The standard InChI is InChI=1S/C44H55NO13/c1-23-28(55-37(50)24(2)32(26-16-12-10-13-17-26)45-39(52)58-40(4,5)6)21-44(53)36(56-38(51)27-18-14-11-15-19-27)34-42(9,35(49)33(48)31(23)41(44,7)8)29(47)20-30-43(34,22-54-30)57-25(3)46/h10-19,24,28-30,32-34,36,47-48,53H,20-22H2,1-9H3,(H,45,52)/t24-,28+,29?,30?,32-,33?,34?,36?,42?,43+,44?/m1/s1. The topological polar surface area (TPSA) is 204 Å². The zero-order valence-electron chi connectivity index (χ0n) is 34.4. The Morgan fingerprint density at radius 1 is 0.948 bits per heavy atom. The Balaban J connectivity index is 1.49. The normalized spacial score (nSPS) is 33.7. The Hall–Kier alpha value is -4.63. The van der Waals surface area contributed by atoms with Gasteiger partial charge in [0.25, 0.3) is 0 Å². The first-order valence-electron chi connectivity index (χ1n) is 19.7. The van der Waals surface area contributed by atoms with Crippen LogP contribution in [0.15, 0.2) is 71.8 Å². The van der Waals surface area contributed by atoms with Gasteiger partial charge in [0.15, 0.2) is 11.4 Å². The number of amides is 1. The van der Waals surface area contributed by atoms with E-state index in [2.05, 4.69) is 5.32 Å². The number of alkyl carbamates (subject to hydrolysis) is 1. The Kier molecular flexibility index (Phi) is 11.3. The Morgan fingerprint density at radius 3 is 2.10 bits per heavy atom. The van der Waals surface area contributed by atoms with Gasteiger partial charge in [0, 0.05) is 25.2 Å². The predicted octanol–water partition coefficient (Wildman–Crippen LogP) is 4.53. The van der Waals surface area contributed by atoms with Gasteiger partial charge in [-0.15, -0.1) is 0 Å². The van der Waals surface area contributed by atoms with E-state index in [9.17, 15) is 39.3 Å². The lowest BCUT2D eigenvalue weighted by atomic mass is 9.44. The molecule has 11 atom stereocenters. The van der Waals surface area contributed by atoms with E-state index >= 15 is 0 Å². The van der Waals surface area contributed by atoms with Gasteiger partial charge in [-0.1, -0.05) is 62.4 Å². The number of ether oxygens (including phenoxy) is 5. The van der Waals surface area contributed by atoms with E-state index in [0.29, 0.717) is 5.56 Å². The SMILES string of the molecule is CC(=O)O[C@@]12COC1CC(O)C1(C)C(=O)C(O)C3=C(C)[C@@H](OC(=O)[C@H](C)[C@@H](NC(=O)OC(C)(C)C)c4ccccc4)CC(O)(C(OC(=O)c4ccccc4)C12)C3(C)C. The molecule has 0 radical (unpaired) electrons. The number of carbonyl (C=O) groups excluding carboxylic acids is 5. The smallest absolute Gasteiger partial charge is 0.408 e. The number of hydrogen-bond donors (Lipinski definition) is 4. The van der Waals surface area contributed by atoms with Crippen molar-refractivity contribution in [2.75, 3.05) is 6.61 Å². The highest BCUT2D eigenvalue weighted by molar-refractivity contribution is 5.94. The molecule has 1 heterocycles. The van der Waals surface area contributed by atoms with Crippen molar-refractivity contribution in [3.8, 4) is 0 Å². The highest BCUT2D eigenvalue weighted by atomic mass is 16.6. The molecular formula is C44H55NO13. The number of rotatable bonds is 8. The van der Waals surface area contributed by atoms with Crippen LogP contribution < -0.4 is 5.32 Å². The van der Waals surface area contributed by atoms with E-state index < -0.39 is 112 Å². The Morgan fingerprint density at radius 2 is 1.55 bits per heavy atom. The van der Waals surface area contributed by atoms with Crippen LogP contribution in [-0.4, -0.2) is 99.0 Å². The Bertz CT molecular complexity index is 1970. The van der Waals surface area contributed by atoms with Gasteiger partial charge in [-0.25, -0.2) is 9.59 Å². The fraction of sp³-hybridized carbons (Fsp3) is 0.568. The summed E-state index contributed by atoms with van der Waals surface area (Å²) in [5.74, 6) is -5.80. The Labute approximate surface area is 338 Å². The molecule has 2 aromatic carbocycles. The van der Waals surface area contributed by atoms with Gasteiger partial charge < -0.3 is 44.3 Å². The number of esters is 3. The van der Waals surface area contributed by atoms with Gasteiger partial charge in [0.1, 0.15) is 35.6 Å². The van der Waals surface area contributed by atoms with Crippen LogP contribution in [0.2, 0.25) is 0 Å². The summed E-state index contributed by atoms with van der Waals surface area (Å²) in [6.07, 6.45) is -8.79. The third-order valence-corrected chi connectivity index (χ3v) is 12.9. The van der Waals surface area contributed by atoms with Crippen LogP contribution >= 0.6 is 0 Å². The maximum absolute atomic E-state index is 15.0. The van der Waals surface area contributed by atoms with Gasteiger partial charge >= 0.3 is 24.0 Å². The third-order valence-electron chi connectivity index (χ3n) is 12.9. The molecular weight excluding hydrogens is 750 g/mol. The van der Waals surface area contributed by atoms with Crippen LogP contribution in [0.3, 0.4) is 0 Å². The number of aliphatic hydroxyl groups is 3. The van der Waals surface area contributed by atoms with Gasteiger partial charge in [-0.05, 0) is 70.4 Å². The first kappa shape index (κ1) is 43.0. The average Bonchev–Trinajstić information content (AvgIpc) is 3.14. The number of fused-ring (bicyclic) bond motifs is 5. The molecule has 4 aliphatic rings. The highest BCUT2D eigenvalue weighted by Gasteiger charge is 2.78. The molecule has 14 heteroatoms. The molecule has 1 saturated heterocycles. The molecule has 2 saturated carbocycles.